The molecule has 3 aromatic carbocycles. The van der Waals surface area contributed by atoms with E-state index in [1.165, 1.54) is 19.1 Å². The van der Waals surface area contributed by atoms with Crippen LogP contribution in [0.3, 0.4) is 0 Å². The summed E-state index contributed by atoms with van der Waals surface area (Å²) in [4.78, 5) is 115. The van der Waals surface area contributed by atoms with Crippen molar-refractivity contribution < 1.29 is 70.2 Å². The number of aliphatic carboxylic acids is 1. The predicted molar refractivity (Wildman–Crippen MR) is 272 cm³/mol. The van der Waals surface area contributed by atoms with Gasteiger partial charge in [0.2, 0.25) is 35.4 Å². The Bertz CT molecular complexity index is 2530. The van der Waals surface area contributed by atoms with Gasteiger partial charge in [-0.3, -0.25) is 33.6 Å². The molecule has 0 bridgehead atoms. The van der Waals surface area contributed by atoms with Crippen molar-refractivity contribution in [2.45, 2.75) is 113 Å². The largest absolute Gasteiger partial charge is 0.508 e. The smallest absolute Gasteiger partial charge is 0.328 e. The van der Waals surface area contributed by atoms with Gasteiger partial charge in [0.1, 0.15) is 42.0 Å². The first-order valence-corrected chi connectivity index (χ1v) is 26.3. The number of aromatic amines is 1. The third kappa shape index (κ3) is 17.2. The van der Waals surface area contributed by atoms with Crippen LogP contribution in [0.4, 0.5) is 0 Å². The number of hydrogen-bond acceptors (Lipinski definition) is 13. The Balaban J connectivity index is 1.58. The molecule has 1 aromatic heterocycles. The quantitative estimate of drug-likeness (QED) is 0.0386. The lowest BCUT2D eigenvalue weighted by Gasteiger charge is -2.29. The van der Waals surface area contributed by atoms with Gasteiger partial charge < -0.3 is 74.1 Å². The Kier molecular flexibility index (Phi) is 21.9. The van der Waals surface area contributed by atoms with E-state index in [-0.39, 0.29) is 42.9 Å². The van der Waals surface area contributed by atoms with Crippen LogP contribution in [0, 0.1) is 0 Å². The Labute approximate surface area is 429 Å². The Morgan fingerprint density at radius 3 is 2.00 bits per heavy atom. The lowest BCUT2D eigenvalue weighted by atomic mass is 10.0. The number of aromatic hydroxyl groups is 1. The van der Waals surface area contributed by atoms with Crippen LogP contribution in [0.1, 0.15) is 49.8 Å². The molecular weight excluding hydrogens is 985 g/mol. The van der Waals surface area contributed by atoms with Crippen LogP contribution in [0.5, 0.6) is 5.75 Å². The Hall–Kier alpha value is -6.70. The van der Waals surface area contributed by atoms with Crippen molar-refractivity contribution in [3.63, 3.8) is 0 Å². The van der Waals surface area contributed by atoms with Crippen LogP contribution in [0.25, 0.3) is 10.9 Å². The van der Waals surface area contributed by atoms with Gasteiger partial charge in [0.05, 0.1) is 18.8 Å². The number of aliphatic hydroxyl groups excluding tert-OH is 2. The number of H-pyrrole nitrogens is 1. The molecule has 10 atom stereocenters. The number of amides is 7. The summed E-state index contributed by atoms with van der Waals surface area (Å²) in [5.74, 6) is -8.28. The maximum atomic E-state index is 14.7. The van der Waals surface area contributed by atoms with Crippen molar-refractivity contribution in [2.24, 2.45) is 0 Å². The van der Waals surface area contributed by atoms with Crippen LogP contribution in [-0.4, -0.2) is 151 Å². The van der Waals surface area contributed by atoms with Crippen molar-refractivity contribution in [2.75, 3.05) is 18.1 Å². The summed E-state index contributed by atoms with van der Waals surface area (Å²) in [5, 5.41) is 59.8. The fraction of sp³-hybridized carbons (Fsp3) is 0.429. The SMILES string of the molecule is C[C@@H](O)[C@H](NC(=O)[C@@H]1CSSC[C@H](NC(=O)[C@H]([NH3+])Cc2ccccc2)C(=O)N[C@@H](Cc2ccc(O)cc2)C(=O)N[C@H](Cc2c[nH]c3ccccc23)C(=O)N[C@@H](CCCC[NH3+])C(=O)N[C@@H]([C@@H](C)O)C(=O)N1)C(=O)O. The number of benzene rings is 3. The number of para-hydroxylation sites is 1. The average Bonchev–Trinajstić information content (AvgIpc) is 3.76. The van der Waals surface area contributed by atoms with E-state index in [1.807, 2.05) is 36.4 Å². The summed E-state index contributed by atoms with van der Waals surface area (Å²) in [6.07, 6.45) is -0.624. The minimum absolute atomic E-state index is 0.0237. The fourth-order valence-corrected chi connectivity index (χ4v) is 10.2. The summed E-state index contributed by atoms with van der Waals surface area (Å²) in [5.41, 5.74) is 10.5. The summed E-state index contributed by atoms with van der Waals surface area (Å²) in [7, 11) is 1.91. The molecule has 394 valence electrons. The molecule has 4 aromatic rings. The normalized spacial score (nSPS) is 22.5. The zero-order chi connectivity index (χ0) is 53.2. The Morgan fingerprint density at radius 1 is 0.726 bits per heavy atom. The zero-order valence-corrected chi connectivity index (χ0v) is 42.1. The number of rotatable bonds is 17. The molecule has 18 N–H and O–H groups in total. The van der Waals surface area contributed by atoms with E-state index in [0.717, 1.165) is 45.0 Å². The van der Waals surface area contributed by atoms with Crippen molar-refractivity contribution in [1.82, 2.24) is 42.2 Å². The van der Waals surface area contributed by atoms with Crippen LogP contribution in [0.2, 0.25) is 0 Å². The lowest BCUT2D eigenvalue weighted by molar-refractivity contribution is -0.403. The Morgan fingerprint density at radius 2 is 1.34 bits per heavy atom. The monoisotopic (exact) mass is 1050 g/mol. The molecule has 0 unspecified atom stereocenters. The van der Waals surface area contributed by atoms with E-state index < -0.39 is 108 Å². The molecule has 1 aliphatic heterocycles. The molecule has 2 heterocycles. The topological polar surface area (TPSA) is 373 Å². The number of phenols is 1. The van der Waals surface area contributed by atoms with Gasteiger partial charge in [-0.1, -0.05) is 82.3 Å². The highest BCUT2D eigenvalue weighted by Gasteiger charge is 2.37. The molecule has 73 heavy (non-hydrogen) atoms. The standard InChI is InChI=1S/C49H64N10O12S2/c1-26(60)40-48(69)57-39(47(68)59-41(27(2)61)49(70)71)25-73-72-24-38(56-42(63)33(51)20-28-10-4-3-5-11-28)46(67)54-36(21-29-15-17-31(62)18-16-29)44(65)55-37(22-30-23-52-34-13-7-6-12-32(30)34)45(66)53-35(43(64)58-40)14-8-9-19-50/h3-7,10-13,15-18,23,26-27,33,35-41,52,60-62H,8-9,14,19-22,24-25,50-51H2,1-2H3,(H,53,66)(H,54,67)(H,55,65)(H,56,63)(H,57,69)(H,58,64)(H,59,68)(H,70,71)/p+2/t26-,27-,33-,35+,36+,37-,38+,39+,40+,41+/m1/s1. The maximum Gasteiger partial charge on any atom is 0.328 e. The second kappa shape index (κ2) is 27.9. The molecule has 0 spiro atoms. The average molecular weight is 1050 g/mol. The number of aromatic nitrogens is 1. The number of carboxylic acid groups (broad SMARTS) is 1. The fourth-order valence-electron chi connectivity index (χ4n) is 7.86. The number of carboxylic acids is 1. The number of aliphatic hydroxyl groups is 2. The molecule has 1 aliphatic rings. The van der Waals surface area contributed by atoms with Gasteiger partial charge in [-0.25, -0.2) is 4.79 Å². The first-order valence-electron chi connectivity index (χ1n) is 23.8. The molecule has 24 heteroatoms. The second-order valence-corrected chi connectivity index (χ2v) is 20.4. The third-order valence-electron chi connectivity index (χ3n) is 12.0. The van der Waals surface area contributed by atoms with Gasteiger partial charge in [-0.2, -0.15) is 0 Å². The number of quaternary nitrogens is 2. The van der Waals surface area contributed by atoms with Gasteiger partial charge >= 0.3 is 5.97 Å². The molecule has 22 nitrogen and oxygen atoms in total. The highest BCUT2D eigenvalue weighted by Crippen LogP contribution is 2.24. The summed E-state index contributed by atoms with van der Waals surface area (Å²) >= 11 is 0. The van der Waals surface area contributed by atoms with E-state index in [1.54, 1.807) is 36.5 Å². The molecule has 7 amide bonds. The minimum Gasteiger partial charge on any atom is -0.508 e. The van der Waals surface area contributed by atoms with Gasteiger partial charge in [0.15, 0.2) is 12.1 Å². The van der Waals surface area contributed by atoms with Crippen molar-refractivity contribution in [3.8, 4) is 5.75 Å². The zero-order valence-electron chi connectivity index (χ0n) is 40.5. The number of hydrogen-bond donors (Lipinski definition) is 14. The number of nitrogens with one attached hydrogen (secondary N) is 8. The van der Waals surface area contributed by atoms with Crippen LogP contribution < -0.4 is 48.7 Å². The van der Waals surface area contributed by atoms with Crippen molar-refractivity contribution >= 4 is 79.8 Å². The number of carbonyl (C=O) groups excluding carboxylic acids is 7. The van der Waals surface area contributed by atoms with Crippen molar-refractivity contribution in [1.29, 1.82) is 0 Å². The number of unbranched alkanes of at least 4 members (excludes halogenated alkanes) is 1. The summed E-state index contributed by atoms with van der Waals surface area (Å²) < 4.78 is 0. The molecule has 0 aliphatic carbocycles. The molecule has 1 fully saturated rings. The van der Waals surface area contributed by atoms with Gasteiger partial charge in [-0.05, 0) is 68.0 Å². The third-order valence-corrected chi connectivity index (χ3v) is 14.4. The van der Waals surface area contributed by atoms with E-state index in [0.29, 0.717) is 30.5 Å². The molecule has 5 rings (SSSR count). The number of fused-ring (bicyclic) bond motifs is 1. The molecule has 0 saturated carbocycles. The van der Waals surface area contributed by atoms with Crippen molar-refractivity contribution in [3.05, 3.63) is 102 Å². The van der Waals surface area contributed by atoms with E-state index >= 15 is 0 Å². The van der Waals surface area contributed by atoms with Crippen LogP contribution in [-0.2, 0) is 57.6 Å². The lowest BCUT2D eigenvalue weighted by Crippen LogP contribution is -2.70. The van der Waals surface area contributed by atoms with Gasteiger partial charge in [0.25, 0.3) is 5.91 Å². The number of carbonyl (C=O) groups is 8. The van der Waals surface area contributed by atoms with E-state index in [4.69, 9.17) is 0 Å². The number of phenolic OH excluding ortho intramolecular Hbond substituents is 1. The first-order chi connectivity index (χ1) is 34.8. The molecular formula is C49H66N10O12S2+2. The van der Waals surface area contributed by atoms with E-state index in [2.05, 4.69) is 53.7 Å². The van der Waals surface area contributed by atoms with E-state index in [9.17, 15) is 58.8 Å². The molecule has 1 saturated heterocycles. The first kappa shape index (κ1) is 57.2. The minimum atomic E-state index is -1.81. The van der Waals surface area contributed by atoms with Gasteiger partial charge in [0, 0.05) is 47.9 Å². The predicted octanol–water partition coefficient (Wildman–Crippen LogP) is -2.44. The molecule has 0 radical (unpaired) electrons. The highest BCUT2D eigenvalue weighted by atomic mass is 33.1. The maximum absolute atomic E-state index is 14.7. The van der Waals surface area contributed by atoms with Gasteiger partial charge in [-0.15, -0.1) is 0 Å². The summed E-state index contributed by atoms with van der Waals surface area (Å²) in [6.45, 7) is 2.84. The second-order valence-electron chi connectivity index (χ2n) is 17.8. The highest BCUT2D eigenvalue weighted by molar-refractivity contribution is 8.76. The van der Waals surface area contributed by atoms with Crippen LogP contribution >= 0.6 is 21.6 Å². The van der Waals surface area contributed by atoms with Crippen LogP contribution in [0.15, 0.2) is 85.1 Å². The summed E-state index contributed by atoms with van der Waals surface area (Å²) in [6, 6.07) is 10.6.